The van der Waals surface area contributed by atoms with Gasteiger partial charge in [0.05, 0.1) is 6.61 Å². The first-order valence-electron chi connectivity index (χ1n) is 10.1. The third-order valence-corrected chi connectivity index (χ3v) is 4.99. The molecule has 27 heavy (non-hydrogen) atoms. The number of hydrogen-bond acceptors (Lipinski definition) is 3. The third kappa shape index (κ3) is 6.44. The van der Waals surface area contributed by atoms with Gasteiger partial charge in [0.15, 0.2) is 0 Å². The molecule has 2 aromatic rings. The molecule has 0 saturated carbocycles. The smallest absolute Gasteiger partial charge is 0.127 e. The summed E-state index contributed by atoms with van der Waals surface area (Å²) in [5.41, 5.74) is 1.14. The van der Waals surface area contributed by atoms with Gasteiger partial charge in [-0.25, -0.2) is 0 Å². The van der Waals surface area contributed by atoms with Gasteiger partial charge in [-0.1, -0.05) is 42.8 Å². The van der Waals surface area contributed by atoms with Crippen molar-refractivity contribution in [3.8, 4) is 11.5 Å². The molecule has 1 aliphatic rings. The van der Waals surface area contributed by atoms with Crippen molar-refractivity contribution in [3.63, 3.8) is 0 Å². The van der Waals surface area contributed by atoms with Gasteiger partial charge in [-0.2, -0.15) is 0 Å². The highest BCUT2D eigenvalue weighted by Crippen LogP contribution is 2.26. The first-order valence-corrected chi connectivity index (χ1v) is 10.1. The third-order valence-electron chi connectivity index (χ3n) is 4.99. The second kappa shape index (κ2) is 10.8. The molecule has 1 atom stereocenters. The number of rotatable bonds is 10. The predicted molar refractivity (Wildman–Crippen MR) is 111 cm³/mol. The molecule has 1 aliphatic heterocycles. The minimum Gasteiger partial charge on any atom is -0.494 e. The van der Waals surface area contributed by atoms with E-state index in [1.807, 2.05) is 48.5 Å². The summed E-state index contributed by atoms with van der Waals surface area (Å²) >= 11 is 0. The van der Waals surface area contributed by atoms with Crippen molar-refractivity contribution in [1.82, 2.24) is 4.90 Å². The van der Waals surface area contributed by atoms with Crippen molar-refractivity contribution < 1.29 is 9.47 Å². The standard InChI is InChI=1S/C24H31NO2/c1-2-10-24(27-23-11-5-3-6-12-23)21-13-15-22(16-14-21)26-20-9-19-25-17-7-4-8-18-25/h2-3,5-6,11-16,24H,1,4,7-10,17-20H2. The van der Waals surface area contributed by atoms with Crippen molar-refractivity contribution in [2.24, 2.45) is 0 Å². The molecule has 1 unspecified atom stereocenters. The van der Waals surface area contributed by atoms with E-state index in [2.05, 4.69) is 23.6 Å². The van der Waals surface area contributed by atoms with E-state index in [0.717, 1.165) is 43.1 Å². The number of para-hydroxylation sites is 1. The van der Waals surface area contributed by atoms with Gasteiger partial charge in [0.25, 0.3) is 0 Å². The Hall–Kier alpha value is -2.26. The second-order valence-electron chi connectivity index (χ2n) is 7.12. The zero-order valence-corrected chi connectivity index (χ0v) is 16.2. The Morgan fingerprint density at radius 1 is 0.926 bits per heavy atom. The summed E-state index contributed by atoms with van der Waals surface area (Å²) in [6, 6.07) is 18.2. The Morgan fingerprint density at radius 3 is 2.37 bits per heavy atom. The summed E-state index contributed by atoms with van der Waals surface area (Å²) in [7, 11) is 0. The van der Waals surface area contributed by atoms with Gasteiger partial charge in [-0.3, -0.25) is 0 Å². The number of benzene rings is 2. The number of ether oxygens (including phenoxy) is 2. The van der Waals surface area contributed by atoms with Crippen LogP contribution in [0, 0.1) is 0 Å². The molecular formula is C24H31NO2. The van der Waals surface area contributed by atoms with E-state index in [1.165, 1.54) is 32.4 Å². The van der Waals surface area contributed by atoms with Crippen LogP contribution < -0.4 is 9.47 Å². The van der Waals surface area contributed by atoms with Crippen LogP contribution in [-0.2, 0) is 0 Å². The van der Waals surface area contributed by atoms with E-state index in [4.69, 9.17) is 9.47 Å². The summed E-state index contributed by atoms with van der Waals surface area (Å²) in [4.78, 5) is 2.55. The van der Waals surface area contributed by atoms with E-state index in [1.54, 1.807) is 0 Å². The lowest BCUT2D eigenvalue weighted by atomic mass is 10.1. The van der Waals surface area contributed by atoms with Crippen molar-refractivity contribution in [3.05, 3.63) is 72.8 Å². The molecule has 1 fully saturated rings. The van der Waals surface area contributed by atoms with E-state index in [0.29, 0.717) is 0 Å². The van der Waals surface area contributed by atoms with E-state index < -0.39 is 0 Å². The van der Waals surface area contributed by atoms with Gasteiger partial charge in [0, 0.05) is 13.0 Å². The maximum Gasteiger partial charge on any atom is 0.127 e. The molecule has 3 nitrogen and oxygen atoms in total. The quantitative estimate of drug-likeness (QED) is 0.402. The molecule has 0 spiro atoms. The fourth-order valence-electron chi connectivity index (χ4n) is 3.51. The van der Waals surface area contributed by atoms with E-state index in [-0.39, 0.29) is 6.10 Å². The predicted octanol–water partition coefficient (Wildman–Crippen LogP) is 5.64. The fourth-order valence-corrected chi connectivity index (χ4v) is 3.51. The normalized spacial score (nSPS) is 15.9. The largest absolute Gasteiger partial charge is 0.494 e. The highest BCUT2D eigenvalue weighted by molar-refractivity contribution is 5.30. The molecule has 1 saturated heterocycles. The van der Waals surface area contributed by atoms with Crippen LogP contribution in [0.2, 0.25) is 0 Å². The highest BCUT2D eigenvalue weighted by atomic mass is 16.5. The zero-order chi connectivity index (χ0) is 18.7. The number of piperidine rings is 1. The molecule has 3 rings (SSSR count). The van der Waals surface area contributed by atoms with Gasteiger partial charge >= 0.3 is 0 Å². The summed E-state index contributed by atoms with van der Waals surface area (Å²) in [5.74, 6) is 1.80. The van der Waals surface area contributed by atoms with Crippen LogP contribution in [-0.4, -0.2) is 31.1 Å². The SMILES string of the molecule is C=CCC(Oc1ccccc1)c1ccc(OCCCN2CCCCC2)cc1. The lowest BCUT2D eigenvalue weighted by molar-refractivity contribution is 0.204. The van der Waals surface area contributed by atoms with E-state index >= 15 is 0 Å². The molecular weight excluding hydrogens is 334 g/mol. The summed E-state index contributed by atoms with van der Waals surface area (Å²) in [6.45, 7) is 8.28. The molecule has 0 amide bonds. The minimum absolute atomic E-state index is 0.0296. The molecule has 0 radical (unpaired) electrons. The molecule has 1 heterocycles. The lowest BCUT2D eigenvalue weighted by Gasteiger charge is -2.26. The Kier molecular flexibility index (Phi) is 7.79. The van der Waals surface area contributed by atoms with Crippen LogP contribution in [0.25, 0.3) is 0 Å². The van der Waals surface area contributed by atoms with Crippen LogP contribution in [0.3, 0.4) is 0 Å². The molecule has 0 aliphatic carbocycles. The Balaban J connectivity index is 1.47. The highest BCUT2D eigenvalue weighted by Gasteiger charge is 2.12. The van der Waals surface area contributed by atoms with Gasteiger partial charge in [-0.05, 0) is 62.2 Å². The second-order valence-corrected chi connectivity index (χ2v) is 7.12. The topological polar surface area (TPSA) is 21.7 Å². The minimum atomic E-state index is -0.0296. The van der Waals surface area contributed by atoms with Gasteiger partial charge in [-0.15, -0.1) is 6.58 Å². The molecule has 0 bridgehead atoms. The average Bonchev–Trinajstić information content (AvgIpc) is 2.73. The molecule has 144 valence electrons. The Labute approximate surface area is 163 Å². The van der Waals surface area contributed by atoms with Gasteiger partial charge in [0.1, 0.15) is 17.6 Å². The number of nitrogens with zero attached hydrogens (tertiary/aromatic N) is 1. The first kappa shape index (κ1) is 19.5. The van der Waals surface area contributed by atoms with Gasteiger partial charge in [0.2, 0.25) is 0 Å². The Morgan fingerprint density at radius 2 is 1.67 bits per heavy atom. The van der Waals surface area contributed by atoms with Crippen molar-refractivity contribution in [2.45, 2.75) is 38.2 Å². The van der Waals surface area contributed by atoms with E-state index in [9.17, 15) is 0 Å². The molecule has 3 heteroatoms. The maximum absolute atomic E-state index is 6.13. The van der Waals surface area contributed by atoms with Crippen LogP contribution in [0.1, 0.15) is 43.8 Å². The molecule has 2 aromatic carbocycles. The molecule has 0 N–H and O–H groups in total. The first-order chi connectivity index (χ1) is 13.3. The lowest BCUT2D eigenvalue weighted by Crippen LogP contribution is -2.31. The molecule has 0 aromatic heterocycles. The monoisotopic (exact) mass is 365 g/mol. The van der Waals surface area contributed by atoms with Gasteiger partial charge < -0.3 is 14.4 Å². The van der Waals surface area contributed by atoms with Crippen LogP contribution in [0.4, 0.5) is 0 Å². The van der Waals surface area contributed by atoms with Crippen molar-refractivity contribution in [2.75, 3.05) is 26.2 Å². The number of hydrogen-bond donors (Lipinski definition) is 0. The summed E-state index contributed by atoms with van der Waals surface area (Å²) in [5, 5.41) is 0. The average molecular weight is 366 g/mol. The van der Waals surface area contributed by atoms with Crippen LogP contribution >= 0.6 is 0 Å². The fraction of sp³-hybridized carbons (Fsp3) is 0.417. The maximum atomic E-state index is 6.13. The van der Waals surface area contributed by atoms with Crippen LogP contribution in [0.5, 0.6) is 11.5 Å². The van der Waals surface area contributed by atoms with Crippen molar-refractivity contribution in [1.29, 1.82) is 0 Å². The number of likely N-dealkylation sites (tertiary alicyclic amines) is 1. The summed E-state index contributed by atoms with van der Waals surface area (Å²) < 4.78 is 12.1. The zero-order valence-electron chi connectivity index (χ0n) is 16.2. The Bertz CT molecular complexity index is 663. The summed E-state index contributed by atoms with van der Waals surface area (Å²) in [6.07, 6.45) is 7.80. The van der Waals surface area contributed by atoms with Crippen molar-refractivity contribution >= 4 is 0 Å². The van der Waals surface area contributed by atoms with Crippen LogP contribution in [0.15, 0.2) is 67.3 Å².